The van der Waals surface area contributed by atoms with E-state index in [0.717, 1.165) is 35.8 Å². The Morgan fingerprint density at radius 1 is 1.30 bits per heavy atom. The van der Waals surface area contributed by atoms with Crippen LogP contribution in [0.4, 0.5) is 18.3 Å². The van der Waals surface area contributed by atoms with Crippen molar-refractivity contribution >= 4 is 43.8 Å². The van der Waals surface area contributed by atoms with E-state index in [9.17, 15) is 26.4 Å². The number of aromatic nitrogens is 3. The molecule has 0 unspecified atom stereocenters. The molecule has 0 amide bonds. The van der Waals surface area contributed by atoms with Gasteiger partial charge in [-0.2, -0.15) is 18.3 Å². The van der Waals surface area contributed by atoms with Crippen molar-refractivity contribution in [3.63, 3.8) is 0 Å². The molecule has 0 saturated carbocycles. The van der Waals surface area contributed by atoms with E-state index in [0.29, 0.717) is 9.56 Å². The molecule has 0 aliphatic heterocycles. The number of aryl methyl sites for hydroxylation is 1. The largest absolute Gasteiger partial charge is 0.466 e. The maximum atomic E-state index is 12.9. The van der Waals surface area contributed by atoms with E-state index in [1.165, 1.54) is 18.3 Å². The molecule has 0 bridgehead atoms. The number of nitrogens with one attached hydrogen (secondary N) is 1. The summed E-state index contributed by atoms with van der Waals surface area (Å²) in [5, 5.41) is 3.87. The van der Waals surface area contributed by atoms with Gasteiger partial charge in [0, 0.05) is 18.1 Å². The first-order chi connectivity index (χ1) is 14.0. The molecule has 14 heteroatoms. The van der Waals surface area contributed by atoms with Gasteiger partial charge in [0.25, 0.3) is 10.0 Å². The summed E-state index contributed by atoms with van der Waals surface area (Å²) < 4.78 is 71.7. The third-order valence-corrected chi connectivity index (χ3v) is 7.65. The lowest BCUT2D eigenvalue weighted by Crippen LogP contribution is -2.11. The van der Waals surface area contributed by atoms with Crippen LogP contribution < -0.4 is 4.72 Å². The van der Waals surface area contributed by atoms with Crippen molar-refractivity contribution in [2.75, 3.05) is 11.3 Å². The molecule has 0 saturated heterocycles. The Kier molecular flexibility index (Phi) is 6.19. The van der Waals surface area contributed by atoms with Crippen LogP contribution in [0.3, 0.4) is 0 Å². The minimum atomic E-state index is -4.57. The van der Waals surface area contributed by atoms with Crippen LogP contribution in [0, 0.1) is 0 Å². The van der Waals surface area contributed by atoms with Gasteiger partial charge in [0.1, 0.15) is 15.6 Å². The number of hydrogen-bond donors (Lipinski definition) is 1. The number of hydrogen-bond acceptors (Lipinski definition) is 8. The highest BCUT2D eigenvalue weighted by Crippen LogP contribution is 2.35. The molecular weight excluding hydrogens is 465 g/mol. The molecule has 162 valence electrons. The molecule has 3 heterocycles. The van der Waals surface area contributed by atoms with Crippen molar-refractivity contribution in [1.82, 2.24) is 14.8 Å². The van der Waals surface area contributed by atoms with Crippen LogP contribution in [-0.2, 0) is 39.2 Å². The first-order valence-electron chi connectivity index (χ1n) is 8.34. The van der Waals surface area contributed by atoms with Gasteiger partial charge < -0.3 is 4.74 Å². The Bertz CT molecular complexity index is 1160. The molecule has 0 spiro atoms. The monoisotopic (exact) mass is 480 g/mol. The lowest BCUT2D eigenvalue weighted by Gasteiger charge is -2.04. The second-order valence-electron chi connectivity index (χ2n) is 5.87. The average molecular weight is 481 g/mol. The van der Waals surface area contributed by atoms with Gasteiger partial charge >= 0.3 is 12.1 Å². The van der Waals surface area contributed by atoms with Crippen LogP contribution in [0.1, 0.15) is 17.5 Å². The van der Waals surface area contributed by atoms with Gasteiger partial charge in [0.2, 0.25) is 0 Å². The van der Waals surface area contributed by atoms with E-state index in [1.54, 1.807) is 6.92 Å². The van der Waals surface area contributed by atoms with Crippen LogP contribution in [-0.4, -0.2) is 35.8 Å². The molecule has 0 radical (unpaired) electrons. The van der Waals surface area contributed by atoms with E-state index >= 15 is 0 Å². The zero-order chi connectivity index (χ0) is 22.1. The molecular formula is C16H15F3N4O4S3. The number of carbonyl (C=O) groups excluding carboxylic acids is 1. The minimum Gasteiger partial charge on any atom is -0.466 e. The highest BCUT2D eigenvalue weighted by molar-refractivity contribution is 7.95. The second kappa shape index (κ2) is 8.35. The zero-order valence-corrected chi connectivity index (χ0v) is 18.0. The summed E-state index contributed by atoms with van der Waals surface area (Å²) >= 11 is 1.76. The van der Waals surface area contributed by atoms with Gasteiger partial charge in [-0.25, -0.2) is 13.4 Å². The topological polar surface area (TPSA) is 103 Å². The quantitative estimate of drug-likeness (QED) is 0.519. The summed E-state index contributed by atoms with van der Waals surface area (Å²) in [4.78, 5) is 16.2. The lowest BCUT2D eigenvalue weighted by atomic mass is 10.3. The SMILES string of the molecule is CCOC(=O)Cc1cnc(NS(=O)(=O)c2ccc(-c3cc(C(F)(F)F)n(C)n3)s2)s1. The number of rotatable bonds is 7. The summed E-state index contributed by atoms with van der Waals surface area (Å²) in [5.74, 6) is -0.452. The summed E-state index contributed by atoms with van der Waals surface area (Å²) in [7, 11) is -2.85. The Labute approximate surface area is 177 Å². The smallest absolute Gasteiger partial charge is 0.433 e. The fraction of sp³-hybridized carbons (Fsp3) is 0.312. The van der Waals surface area contributed by atoms with Gasteiger partial charge in [-0.05, 0) is 25.1 Å². The predicted molar refractivity (Wildman–Crippen MR) is 105 cm³/mol. The predicted octanol–water partition coefficient (Wildman–Crippen LogP) is 3.53. The molecule has 0 aliphatic carbocycles. The Hall–Kier alpha value is -2.45. The van der Waals surface area contributed by atoms with E-state index in [1.807, 2.05) is 0 Å². The fourth-order valence-electron chi connectivity index (χ4n) is 2.41. The molecule has 3 aromatic rings. The highest BCUT2D eigenvalue weighted by atomic mass is 32.2. The maximum Gasteiger partial charge on any atom is 0.433 e. The Balaban J connectivity index is 1.77. The minimum absolute atomic E-state index is 0.0160. The molecule has 30 heavy (non-hydrogen) atoms. The summed E-state index contributed by atoms with van der Waals surface area (Å²) in [5.41, 5.74) is -0.924. The number of sulfonamides is 1. The summed E-state index contributed by atoms with van der Waals surface area (Å²) in [6.07, 6.45) is -3.23. The maximum absolute atomic E-state index is 12.9. The van der Waals surface area contributed by atoms with Gasteiger partial charge in [0.05, 0.1) is 17.9 Å². The summed E-state index contributed by atoms with van der Waals surface area (Å²) in [6.45, 7) is 1.91. The molecule has 8 nitrogen and oxygen atoms in total. The fourth-order valence-corrected chi connectivity index (χ4v) is 5.71. The van der Waals surface area contributed by atoms with Crippen molar-refractivity contribution in [2.24, 2.45) is 7.05 Å². The molecule has 0 aromatic carbocycles. The molecule has 0 atom stereocenters. The van der Waals surface area contributed by atoms with E-state index in [4.69, 9.17) is 4.74 Å². The Morgan fingerprint density at radius 2 is 2.03 bits per heavy atom. The number of anilines is 1. The molecule has 3 aromatic heterocycles. The number of halogens is 3. The number of esters is 1. The average Bonchev–Trinajstić information content (AvgIpc) is 3.33. The third kappa shape index (κ3) is 4.99. The van der Waals surface area contributed by atoms with Gasteiger partial charge in [-0.15, -0.1) is 22.7 Å². The molecule has 0 aliphatic rings. The molecule has 0 fully saturated rings. The van der Waals surface area contributed by atoms with Crippen molar-refractivity contribution in [3.8, 4) is 10.6 Å². The van der Waals surface area contributed by atoms with Crippen LogP contribution in [0.2, 0.25) is 0 Å². The standard InChI is InChI=1S/C16H15F3N4O4S3/c1-3-27-13(24)6-9-8-20-15(28-9)22-30(25,26)14-5-4-11(29-14)10-7-12(16(17,18)19)23(2)21-10/h4-5,7-8H,3,6H2,1-2H3,(H,20,22). The normalized spacial score (nSPS) is 12.2. The van der Waals surface area contributed by atoms with E-state index in [-0.39, 0.29) is 32.9 Å². The van der Waals surface area contributed by atoms with Gasteiger partial charge in [0.15, 0.2) is 5.13 Å². The van der Waals surface area contributed by atoms with Crippen molar-refractivity contribution in [2.45, 2.75) is 23.7 Å². The first-order valence-corrected chi connectivity index (χ1v) is 11.5. The van der Waals surface area contributed by atoms with Crippen LogP contribution in [0.25, 0.3) is 10.6 Å². The van der Waals surface area contributed by atoms with Crippen molar-refractivity contribution in [1.29, 1.82) is 0 Å². The number of nitrogens with zero attached hydrogens (tertiary/aromatic N) is 3. The number of ether oxygens (including phenoxy) is 1. The number of thiophene rings is 1. The van der Waals surface area contributed by atoms with Crippen molar-refractivity contribution in [3.05, 3.63) is 35.0 Å². The highest BCUT2D eigenvalue weighted by Gasteiger charge is 2.35. The van der Waals surface area contributed by atoms with Gasteiger partial charge in [-0.1, -0.05) is 0 Å². The third-order valence-electron chi connectivity index (χ3n) is 3.67. The zero-order valence-electron chi connectivity index (χ0n) is 15.6. The van der Waals surface area contributed by atoms with E-state index < -0.39 is 27.9 Å². The van der Waals surface area contributed by atoms with Crippen molar-refractivity contribution < 1.29 is 31.1 Å². The number of alkyl halides is 3. The van der Waals surface area contributed by atoms with Crippen LogP contribution in [0.15, 0.2) is 28.6 Å². The van der Waals surface area contributed by atoms with Crippen LogP contribution in [0.5, 0.6) is 0 Å². The second-order valence-corrected chi connectivity index (χ2v) is 9.98. The number of carbonyl (C=O) groups is 1. The summed E-state index contributed by atoms with van der Waals surface area (Å²) in [6, 6.07) is 3.52. The van der Waals surface area contributed by atoms with Crippen LogP contribution >= 0.6 is 22.7 Å². The number of thiazole rings is 1. The molecule has 1 N–H and O–H groups in total. The Morgan fingerprint density at radius 3 is 2.67 bits per heavy atom. The molecule has 3 rings (SSSR count). The van der Waals surface area contributed by atoms with Gasteiger partial charge in [-0.3, -0.25) is 14.2 Å². The lowest BCUT2D eigenvalue weighted by molar-refractivity contribution is -0.144. The van der Waals surface area contributed by atoms with E-state index in [2.05, 4.69) is 14.8 Å². The first kappa shape index (κ1) is 22.2.